The number of aromatic nitrogens is 3. The summed E-state index contributed by atoms with van der Waals surface area (Å²) < 4.78 is 5.14. The van der Waals surface area contributed by atoms with Crippen molar-refractivity contribution in [3.63, 3.8) is 0 Å². The molecule has 1 N–H and O–H groups in total. The third-order valence-electron chi connectivity index (χ3n) is 6.84. The van der Waals surface area contributed by atoms with E-state index in [-0.39, 0.29) is 12.1 Å². The molecule has 174 valence electrons. The highest BCUT2D eigenvalue weighted by Gasteiger charge is 2.40. The summed E-state index contributed by atoms with van der Waals surface area (Å²) in [4.78, 5) is 33.3. The van der Waals surface area contributed by atoms with Crippen molar-refractivity contribution >= 4 is 29.0 Å². The zero-order valence-corrected chi connectivity index (χ0v) is 19.1. The van der Waals surface area contributed by atoms with Gasteiger partial charge in [-0.25, -0.2) is 9.78 Å². The average molecular weight is 458 g/mol. The minimum absolute atomic E-state index is 0.0600. The lowest BCUT2D eigenvalue weighted by molar-refractivity contribution is 0.254. The van der Waals surface area contributed by atoms with Crippen LogP contribution in [0.1, 0.15) is 19.3 Å². The first-order valence-corrected chi connectivity index (χ1v) is 11.8. The summed E-state index contributed by atoms with van der Waals surface area (Å²) in [5.41, 5.74) is 4.13. The standard InChI is InChI=1S/C25H27N7O2/c1-34-23-15-26-14-22(28-23)29-25(33)32-19-9-12-31(16-19)21-8-7-20(27-24(21)32)17-5-4-6-18(13-17)30-10-2-3-11-30/h4-8,13-15,19H,2-3,9-12,16H2,1H3,(H,28,29,33)/t19-/m0/s1. The fourth-order valence-corrected chi connectivity index (χ4v) is 5.15. The first-order valence-electron chi connectivity index (χ1n) is 11.8. The molecule has 3 aliphatic heterocycles. The molecule has 1 atom stereocenters. The number of hydrogen-bond acceptors (Lipinski definition) is 7. The number of ether oxygens (including phenoxy) is 1. The van der Waals surface area contributed by atoms with E-state index in [1.807, 2.05) is 0 Å². The molecule has 0 aliphatic carbocycles. The Labute approximate surface area is 198 Å². The summed E-state index contributed by atoms with van der Waals surface area (Å²) in [7, 11) is 1.52. The second-order valence-electron chi connectivity index (χ2n) is 8.92. The van der Waals surface area contributed by atoms with E-state index in [1.165, 1.54) is 38.0 Å². The number of pyridine rings is 1. The highest BCUT2D eigenvalue weighted by Crippen LogP contribution is 2.40. The van der Waals surface area contributed by atoms with Gasteiger partial charge in [0.25, 0.3) is 0 Å². The number of rotatable bonds is 4. The van der Waals surface area contributed by atoms with Gasteiger partial charge in [0.1, 0.15) is 0 Å². The zero-order chi connectivity index (χ0) is 23.1. The number of carbonyl (C=O) groups excluding carboxylic acids is 1. The van der Waals surface area contributed by atoms with E-state index in [9.17, 15) is 4.79 Å². The van der Waals surface area contributed by atoms with Crippen LogP contribution >= 0.6 is 0 Å². The van der Waals surface area contributed by atoms with Crippen LogP contribution in [-0.4, -0.2) is 60.3 Å². The van der Waals surface area contributed by atoms with Crippen LogP contribution in [0.15, 0.2) is 48.8 Å². The number of nitrogens with zero attached hydrogens (tertiary/aromatic N) is 6. The molecule has 0 radical (unpaired) electrons. The van der Waals surface area contributed by atoms with Crippen molar-refractivity contribution in [1.29, 1.82) is 0 Å². The summed E-state index contributed by atoms with van der Waals surface area (Å²) in [5.74, 6) is 1.38. The second-order valence-corrected chi connectivity index (χ2v) is 8.92. The van der Waals surface area contributed by atoms with Gasteiger partial charge in [-0.05, 0) is 43.5 Å². The average Bonchev–Trinajstić information content (AvgIpc) is 3.56. The van der Waals surface area contributed by atoms with Gasteiger partial charge >= 0.3 is 6.03 Å². The SMILES string of the molecule is COc1cncc(NC(=O)N2c3nc(-c4cccc(N5CCCC5)c4)ccc3N3CC[C@H]2C3)n1. The van der Waals surface area contributed by atoms with Gasteiger partial charge in [-0.3, -0.25) is 15.2 Å². The second kappa shape index (κ2) is 8.48. The Morgan fingerprint density at radius 3 is 2.79 bits per heavy atom. The molecule has 2 aromatic heterocycles. The Kier molecular flexibility index (Phi) is 5.16. The van der Waals surface area contributed by atoms with Crippen LogP contribution in [-0.2, 0) is 0 Å². The molecule has 3 aromatic rings. The summed E-state index contributed by atoms with van der Waals surface area (Å²) in [6.07, 6.45) is 6.39. The number of nitrogens with one attached hydrogen (secondary N) is 1. The fraction of sp³-hybridized carbons (Fsp3) is 0.360. The maximum atomic E-state index is 13.4. The normalized spacial score (nSPS) is 18.7. The maximum Gasteiger partial charge on any atom is 0.329 e. The van der Waals surface area contributed by atoms with Gasteiger partial charge in [-0.1, -0.05) is 12.1 Å². The molecule has 1 aromatic carbocycles. The van der Waals surface area contributed by atoms with E-state index in [0.29, 0.717) is 17.5 Å². The van der Waals surface area contributed by atoms with Crippen molar-refractivity contribution in [1.82, 2.24) is 15.0 Å². The molecule has 2 bridgehead atoms. The van der Waals surface area contributed by atoms with Crippen molar-refractivity contribution < 1.29 is 9.53 Å². The van der Waals surface area contributed by atoms with Crippen LogP contribution in [0.2, 0.25) is 0 Å². The van der Waals surface area contributed by atoms with E-state index in [0.717, 1.165) is 49.5 Å². The molecule has 5 heterocycles. The lowest BCUT2D eigenvalue weighted by Crippen LogP contribution is -2.48. The predicted octanol–water partition coefficient (Wildman–Crippen LogP) is 3.78. The first-order chi connectivity index (χ1) is 16.7. The number of fused-ring (bicyclic) bond motifs is 4. The summed E-state index contributed by atoms with van der Waals surface area (Å²) in [6.45, 7) is 3.90. The number of urea groups is 1. The molecule has 3 aliphatic rings. The quantitative estimate of drug-likeness (QED) is 0.638. The molecule has 0 unspecified atom stereocenters. The Morgan fingerprint density at radius 1 is 1.06 bits per heavy atom. The van der Waals surface area contributed by atoms with Crippen LogP contribution in [0.25, 0.3) is 11.3 Å². The smallest absolute Gasteiger partial charge is 0.329 e. The Balaban J connectivity index is 1.34. The highest BCUT2D eigenvalue weighted by atomic mass is 16.5. The molecule has 9 nitrogen and oxygen atoms in total. The third kappa shape index (κ3) is 3.67. The molecule has 2 fully saturated rings. The number of carbonyl (C=O) groups is 1. The van der Waals surface area contributed by atoms with Gasteiger partial charge in [-0.15, -0.1) is 0 Å². The lowest BCUT2D eigenvalue weighted by atomic mass is 10.1. The van der Waals surface area contributed by atoms with Crippen molar-refractivity contribution in [2.75, 3.05) is 53.3 Å². The van der Waals surface area contributed by atoms with Crippen molar-refractivity contribution in [2.45, 2.75) is 25.3 Å². The van der Waals surface area contributed by atoms with Gasteiger partial charge in [-0.2, -0.15) is 4.98 Å². The van der Waals surface area contributed by atoms with Gasteiger partial charge in [0.05, 0.1) is 36.9 Å². The zero-order valence-electron chi connectivity index (χ0n) is 19.1. The Bertz CT molecular complexity index is 1230. The Morgan fingerprint density at radius 2 is 1.94 bits per heavy atom. The van der Waals surface area contributed by atoms with Crippen LogP contribution < -0.4 is 24.8 Å². The van der Waals surface area contributed by atoms with Crippen molar-refractivity contribution in [2.24, 2.45) is 0 Å². The highest BCUT2D eigenvalue weighted by molar-refractivity contribution is 6.04. The predicted molar refractivity (Wildman–Crippen MR) is 132 cm³/mol. The van der Waals surface area contributed by atoms with Crippen molar-refractivity contribution in [3.05, 3.63) is 48.8 Å². The molecule has 2 amide bonds. The molecule has 6 rings (SSSR count). The topological polar surface area (TPSA) is 86.7 Å². The molecule has 0 saturated carbocycles. The number of amides is 2. The number of anilines is 4. The number of hydrogen-bond donors (Lipinski definition) is 1. The monoisotopic (exact) mass is 457 g/mol. The van der Waals surface area contributed by atoms with Gasteiger partial charge in [0, 0.05) is 37.4 Å². The number of methoxy groups -OCH3 is 1. The van der Waals surface area contributed by atoms with Crippen LogP contribution in [0, 0.1) is 0 Å². The molecule has 0 spiro atoms. The molecule has 34 heavy (non-hydrogen) atoms. The van der Waals surface area contributed by atoms with E-state index < -0.39 is 0 Å². The molecular weight excluding hydrogens is 430 g/mol. The Hall–Kier alpha value is -3.88. The van der Waals surface area contributed by atoms with Crippen LogP contribution in [0.3, 0.4) is 0 Å². The van der Waals surface area contributed by atoms with Crippen molar-refractivity contribution in [3.8, 4) is 17.1 Å². The summed E-state index contributed by atoms with van der Waals surface area (Å²) >= 11 is 0. The lowest BCUT2D eigenvalue weighted by Gasteiger charge is -2.35. The third-order valence-corrected chi connectivity index (χ3v) is 6.84. The minimum Gasteiger partial charge on any atom is -0.480 e. The fourth-order valence-electron chi connectivity index (χ4n) is 5.15. The maximum absolute atomic E-state index is 13.4. The molecular formula is C25H27N7O2. The number of benzene rings is 1. The van der Waals surface area contributed by atoms with E-state index >= 15 is 0 Å². The largest absolute Gasteiger partial charge is 0.480 e. The van der Waals surface area contributed by atoms with Crippen LogP contribution in [0.5, 0.6) is 5.88 Å². The van der Waals surface area contributed by atoms with E-state index in [4.69, 9.17) is 9.72 Å². The molecule has 2 saturated heterocycles. The summed E-state index contributed by atoms with van der Waals surface area (Å²) in [5, 5.41) is 2.88. The first kappa shape index (κ1) is 20.7. The van der Waals surface area contributed by atoms with Crippen LogP contribution in [0.4, 0.5) is 27.8 Å². The molecule has 9 heteroatoms. The minimum atomic E-state index is -0.258. The van der Waals surface area contributed by atoms with E-state index in [1.54, 1.807) is 4.90 Å². The van der Waals surface area contributed by atoms with Gasteiger partial charge < -0.3 is 14.5 Å². The van der Waals surface area contributed by atoms with E-state index in [2.05, 4.69) is 61.5 Å². The van der Waals surface area contributed by atoms with Gasteiger partial charge in [0.2, 0.25) is 5.88 Å². The summed E-state index contributed by atoms with van der Waals surface area (Å²) in [6, 6.07) is 12.5. The van der Waals surface area contributed by atoms with Gasteiger partial charge in [0.15, 0.2) is 11.6 Å².